The van der Waals surface area contributed by atoms with Crippen LogP contribution in [-0.2, 0) is 4.79 Å². The normalized spacial score (nSPS) is 15.9. The van der Waals surface area contributed by atoms with Crippen LogP contribution in [0.5, 0.6) is 0 Å². The lowest BCUT2D eigenvalue weighted by molar-refractivity contribution is -0.116. The molecular formula is C9H12N2O2. The average Bonchev–Trinajstić information content (AvgIpc) is 2.44. The summed E-state index contributed by atoms with van der Waals surface area (Å²) in [5.74, 6) is 0.0614. The van der Waals surface area contributed by atoms with Gasteiger partial charge in [-0.1, -0.05) is 0 Å². The van der Waals surface area contributed by atoms with Crippen molar-refractivity contribution < 1.29 is 9.21 Å². The lowest BCUT2D eigenvalue weighted by Gasteiger charge is -2.16. The second-order valence-corrected chi connectivity index (χ2v) is 3.12. The summed E-state index contributed by atoms with van der Waals surface area (Å²) in [5.41, 5.74) is 1.76. The number of nitrogens with zero attached hydrogens (tertiary/aromatic N) is 1. The first-order valence-electron chi connectivity index (χ1n) is 4.37. The molecule has 0 saturated carbocycles. The summed E-state index contributed by atoms with van der Waals surface area (Å²) in [6.45, 7) is 3.22. The minimum Gasteiger partial charge on any atom is -0.468 e. The Balaban J connectivity index is 2.36. The number of rotatable bonds is 0. The van der Waals surface area contributed by atoms with Gasteiger partial charge in [0.05, 0.1) is 5.69 Å². The summed E-state index contributed by atoms with van der Waals surface area (Å²) in [7, 11) is 0. The highest BCUT2D eigenvalue weighted by atomic mass is 16.3. The third-order valence-corrected chi connectivity index (χ3v) is 2.19. The Hall–Kier alpha value is -1.45. The van der Waals surface area contributed by atoms with E-state index in [4.69, 9.17) is 4.42 Å². The summed E-state index contributed by atoms with van der Waals surface area (Å²) >= 11 is 0. The number of carbonyl (C=O) groups excluding carboxylic acids is 1. The van der Waals surface area contributed by atoms with Crippen molar-refractivity contribution in [2.24, 2.45) is 0 Å². The van der Waals surface area contributed by atoms with Gasteiger partial charge in [-0.25, -0.2) is 0 Å². The first kappa shape index (κ1) is 8.16. The van der Waals surface area contributed by atoms with E-state index in [2.05, 4.69) is 5.32 Å². The zero-order valence-corrected chi connectivity index (χ0v) is 7.54. The number of amides is 1. The van der Waals surface area contributed by atoms with Crippen molar-refractivity contribution in [1.82, 2.24) is 0 Å². The summed E-state index contributed by atoms with van der Waals surface area (Å²) in [5, 5.41) is 3.20. The van der Waals surface area contributed by atoms with Crippen LogP contribution in [0.1, 0.15) is 13.3 Å². The molecule has 4 nitrogen and oxygen atoms in total. The lowest BCUT2D eigenvalue weighted by atomic mass is 10.3. The molecule has 1 aromatic rings. The Bertz CT molecular complexity index is 319. The molecule has 2 heterocycles. The largest absolute Gasteiger partial charge is 0.468 e. The molecule has 0 bridgehead atoms. The molecule has 13 heavy (non-hydrogen) atoms. The molecule has 2 rings (SSSR count). The summed E-state index contributed by atoms with van der Waals surface area (Å²) in [6, 6.07) is 0. The molecule has 1 N–H and O–H groups in total. The molecule has 70 valence electrons. The van der Waals surface area contributed by atoms with Crippen LogP contribution >= 0.6 is 0 Å². The Morgan fingerprint density at radius 1 is 1.62 bits per heavy atom. The average molecular weight is 180 g/mol. The molecule has 0 aromatic carbocycles. The van der Waals surface area contributed by atoms with Gasteiger partial charge in [0.15, 0.2) is 0 Å². The number of carbonyl (C=O) groups is 1. The molecule has 1 aliphatic heterocycles. The van der Waals surface area contributed by atoms with Crippen LogP contribution in [0.3, 0.4) is 0 Å². The topological polar surface area (TPSA) is 45.5 Å². The predicted octanol–water partition coefficient (Wildman–Crippen LogP) is 1.45. The minimum absolute atomic E-state index is 0.0614. The minimum atomic E-state index is 0.0614. The summed E-state index contributed by atoms with van der Waals surface area (Å²) in [6.07, 6.45) is 4.21. The van der Waals surface area contributed by atoms with Gasteiger partial charge in [0.2, 0.25) is 5.91 Å². The SMILES string of the molecule is CC(=O)N1CCCNc2cocc21. The van der Waals surface area contributed by atoms with E-state index < -0.39 is 0 Å². The summed E-state index contributed by atoms with van der Waals surface area (Å²) < 4.78 is 5.05. The molecule has 1 aromatic heterocycles. The third kappa shape index (κ3) is 1.39. The highest BCUT2D eigenvalue weighted by Crippen LogP contribution is 2.29. The quantitative estimate of drug-likeness (QED) is 0.657. The Kier molecular flexibility index (Phi) is 1.96. The van der Waals surface area contributed by atoms with Crippen molar-refractivity contribution in [2.45, 2.75) is 13.3 Å². The van der Waals surface area contributed by atoms with Gasteiger partial charge in [-0.2, -0.15) is 0 Å². The Morgan fingerprint density at radius 3 is 3.23 bits per heavy atom. The molecular weight excluding hydrogens is 168 g/mol. The van der Waals surface area contributed by atoms with Crippen LogP contribution in [0.2, 0.25) is 0 Å². The van der Waals surface area contributed by atoms with Crippen LogP contribution in [0, 0.1) is 0 Å². The number of fused-ring (bicyclic) bond motifs is 1. The van der Waals surface area contributed by atoms with Gasteiger partial charge in [0, 0.05) is 20.0 Å². The number of nitrogens with one attached hydrogen (secondary N) is 1. The number of furan rings is 1. The van der Waals surface area contributed by atoms with Crippen molar-refractivity contribution in [3.63, 3.8) is 0 Å². The van der Waals surface area contributed by atoms with Crippen molar-refractivity contribution in [2.75, 3.05) is 23.3 Å². The number of hydrogen-bond acceptors (Lipinski definition) is 3. The molecule has 1 amide bonds. The monoisotopic (exact) mass is 180 g/mol. The molecule has 4 heteroatoms. The van der Waals surface area contributed by atoms with Gasteiger partial charge in [0.1, 0.15) is 18.2 Å². The Labute approximate surface area is 76.5 Å². The highest BCUT2D eigenvalue weighted by molar-refractivity contribution is 5.95. The zero-order chi connectivity index (χ0) is 9.26. The van der Waals surface area contributed by atoms with Crippen molar-refractivity contribution in [3.05, 3.63) is 12.5 Å². The molecule has 0 atom stereocenters. The highest BCUT2D eigenvalue weighted by Gasteiger charge is 2.19. The van der Waals surface area contributed by atoms with Gasteiger partial charge in [-0.05, 0) is 6.42 Å². The lowest BCUT2D eigenvalue weighted by Crippen LogP contribution is -2.28. The van der Waals surface area contributed by atoms with Gasteiger partial charge in [-0.3, -0.25) is 4.79 Å². The van der Waals surface area contributed by atoms with E-state index >= 15 is 0 Å². The van der Waals surface area contributed by atoms with E-state index in [9.17, 15) is 4.79 Å². The van der Waals surface area contributed by atoms with E-state index in [0.717, 1.165) is 30.9 Å². The van der Waals surface area contributed by atoms with Crippen molar-refractivity contribution >= 4 is 17.3 Å². The van der Waals surface area contributed by atoms with Crippen LogP contribution < -0.4 is 10.2 Å². The first-order chi connectivity index (χ1) is 6.29. The van der Waals surface area contributed by atoms with Gasteiger partial charge in [-0.15, -0.1) is 0 Å². The fourth-order valence-corrected chi connectivity index (χ4v) is 1.54. The van der Waals surface area contributed by atoms with E-state index in [0.29, 0.717) is 0 Å². The van der Waals surface area contributed by atoms with Crippen LogP contribution in [0.4, 0.5) is 11.4 Å². The maximum absolute atomic E-state index is 11.3. The van der Waals surface area contributed by atoms with E-state index in [1.807, 2.05) is 0 Å². The van der Waals surface area contributed by atoms with Crippen molar-refractivity contribution in [1.29, 1.82) is 0 Å². The van der Waals surface area contributed by atoms with Crippen LogP contribution in [0.25, 0.3) is 0 Å². The smallest absolute Gasteiger partial charge is 0.224 e. The molecule has 0 unspecified atom stereocenters. The molecule has 1 aliphatic rings. The fraction of sp³-hybridized carbons (Fsp3) is 0.444. The standard InChI is InChI=1S/C9H12N2O2/c1-7(12)11-4-2-3-10-8-5-13-6-9(8)11/h5-6,10H,2-4H2,1H3. The van der Waals surface area contributed by atoms with Crippen LogP contribution in [0.15, 0.2) is 16.9 Å². The molecule has 0 saturated heterocycles. The van der Waals surface area contributed by atoms with E-state index in [-0.39, 0.29) is 5.91 Å². The fourth-order valence-electron chi connectivity index (χ4n) is 1.54. The maximum atomic E-state index is 11.3. The number of anilines is 2. The molecule has 0 spiro atoms. The molecule has 0 fully saturated rings. The number of hydrogen-bond donors (Lipinski definition) is 1. The maximum Gasteiger partial charge on any atom is 0.224 e. The van der Waals surface area contributed by atoms with Gasteiger partial charge in [0.25, 0.3) is 0 Å². The van der Waals surface area contributed by atoms with E-state index in [1.54, 1.807) is 24.3 Å². The second-order valence-electron chi connectivity index (χ2n) is 3.12. The summed E-state index contributed by atoms with van der Waals surface area (Å²) in [4.78, 5) is 13.0. The second kappa shape index (κ2) is 3.12. The molecule has 0 aliphatic carbocycles. The van der Waals surface area contributed by atoms with Gasteiger partial charge < -0.3 is 14.6 Å². The van der Waals surface area contributed by atoms with Gasteiger partial charge >= 0.3 is 0 Å². The Morgan fingerprint density at radius 2 is 2.46 bits per heavy atom. The van der Waals surface area contributed by atoms with Crippen LogP contribution in [-0.4, -0.2) is 19.0 Å². The van der Waals surface area contributed by atoms with E-state index in [1.165, 1.54) is 0 Å². The predicted molar refractivity (Wildman–Crippen MR) is 49.8 cm³/mol. The first-order valence-corrected chi connectivity index (χ1v) is 4.37. The van der Waals surface area contributed by atoms with Crippen molar-refractivity contribution in [3.8, 4) is 0 Å². The third-order valence-electron chi connectivity index (χ3n) is 2.19. The molecule has 0 radical (unpaired) electrons. The zero-order valence-electron chi connectivity index (χ0n) is 7.54.